The highest BCUT2D eigenvalue weighted by molar-refractivity contribution is 5.49. The minimum absolute atomic E-state index is 0.191. The summed E-state index contributed by atoms with van der Waals surface area (Å²) in [6.45, 7) is 2.45. The van der Waals surface area contributed by atoms with Crippen molar-refractivity contribution >= 4 is 0 Å². The Labute approximate surface area is 141 Å². The van der Waals surface area contributed by atoms with Gasteiger partial charge >= 0.3 is 0 Å². The third-order valence-electron chi connectivity index (χ3n) is 5.03. The summed E-state index contributed by atoms with van der Waals surface area (Å²) >= 11 is 0. The Morgan fingerprint density at radius 2 is 2.12 bits per heavy atom. The second-order valence-electron chi connectivity index (χ2n) is 6.59. The first kappa shape index (κ1) is 15.4. The van der Waals surface area contributed by atoms with Gasteiger partial charge in [0, 0.05) is 23.8 Å². The Morgan fingerprint density at radius 1 is 1.21 bits per heavy atom. The van der Waals surface area contributed by atoms with Gasteiger partial charge in [0.2, 0.25) is 12.7 Å². The first-order valence-electron chi connectivity index (χ1n) is 8.46. The van der Waals surface area contributed by atoms with E-state index in [1.807, 2.05) is 18.2 Å². The van der Waals surface area contributed by atoms with Crippen LogP contribution >= 0.6 is 0 Å². The molecule has 1 aliphatic carbocycles. The van der Waals surface area contributed by atoms with Gasteiger partial charge in [-0.3, -0.25) is 0 Å². The lowest BCUT2D eigenvalue weighted by atomic mass is 9.99. The molecule has 4 rings (SSSR count). The largest absolute Gasteiger partial charge is 0.454 e. The van der Waals surface area contributed by atoms with E-state index in [4.69, 9.17) is 9.47 Å². The van der Waals surface area contributed by atoms with E-state index in [2.05, 4.69) is 23.3 Å². The predicted octanol–water partition coefficient (Wildman–Crippen LogP) is 3.94. The molecule has 4 nitrogen and oxygen atoms in total. The van der Waals surface area contributed by atoms with Gasteiger partial charge in [0.15, 0.2) is 11.5 Å². The van der Waals surface area contributed by atoms with Crippen molar-refractivity contribution in [1.29, 1.82) is 0 Å². The molecule has 1 aromatic heterocycles. The molecule has 1 fully saturated rings. The molecule has 24 heavy (non-hydrogen) atoms. The highest BCUT2D eigenvalue weighted by atomic mass is 19.1. The molecule has 0 bridgehead atoms. The molecule has 0 spiro atoms. The van der Waals surface area contributed by atoms with Gasteiger partial charge in [-0.25, -0.2) is 4.98 Å². The summed E-state index contributed by atoms with van der Waals surface area (Å²) in [5, 5.41) is 3.71. The van der Waals surface area contributed by atoms with Gasteiger partial charge in [0.25, 0.3) is 0 Å². The lowest BCUT2D eigenvalue weighted by molar-refractivity contribution is 0.172. The van der Waals surface area contributed by atoms with Crippen LogP contribution in [0.4, 0.5) is 4.39 Å². The Morgan fingerprint density at radius 3 is 2.96 bits per heavy atom. The van der Waals surface area contributed by atoms with E-state index in [9.17, 15) is 4.39 Å². The molecular formula is C19H21FN2O2. The van der Waals surface area contributed by atoms with Crippen molar-refractivity contribution in [3.05, 3.63) is 53.6 Å². The lowest BCUT2D eigenvalue weighted by Gasteiger charge is -2.21. The molecule has 3 atom stereocenters. The van der Waals surface area contributed by atoms with Gasteiger partial charge in [-0.05, 0) is 49.8 Å². The van der Waals surface area contributed by atoms with E-state index in [-0.39, 0.29) is 6.04 Å². The number of nitrogens with zero attached hydrogens (tertiary/aromatic N) is 1. The lowest BCUT2D eigenvalue weighted by Crippen LogP contribution is -2.29. The minimum atomic E-state index is -0.416. The molecule has 2 aliphatic rings. The molecule has 5 heteroatoms. The number of rotatable bonds is 4. The molecule has 0 unspecified atom stereocenters. The Balaban J connectivity index is 1.41. The van der Waals surface area contributed by atoms with Crippen LogP contribution in [0.3, 0.4) is 0 Å². The number of para-hydroxylation sites is 1. The van der Waals surface area contributed by atoms with Gasteiger partial charge in [0.05, 0.1) is 0 Å². The number of benzene rings is 1. The first-order chi connectivity index (χ1) is 11.7. The van der Waals surface area contributed by atoms with E-state index in [1.54, 1.807) is 6.20 Å². The van der Waals surface area contributed by atoms with Crippen LogP contribution in [0.2, 0.25) is 0 Å². The smallest absolute Gasteiger partial charge is 0.231 e. The second kappa shape index (κ2) is 6.40. The summed E-state index contributed by atoms with van der Waals surface area (Å²) in [6.07, 6.45) is 4.92. The molecule has 1 saturated carbocycles. The average Bonchev–Trinajstić information content (AvgIpc) is 3.24. The van der Waals surface area contributed by atoms with Gasteiger partial charge in [-0.2, -0.15) is 4.39 Å². The van der Waals surface area contributed by atoms with Gasteiger partial charge < -0.3 is 14.8 Å². The predicted molar refractivity (Wildman–Crippen MR) is 88.7 cm³/mol. The third-order valence-corrected chi connectivity index (χ3v) is 5.03. The molecule has 1 N–H and O–H groups in total. The topological polar surface area (TPSA) is 43.4 Å². The summed E-state index contributed by atoms with van der Waals surface area (Å²) in [6, 6.07) is 9.96. The highest BCUT2D eigenvalue weighted by Crippen LogP contribution is 2.40. The number of halogens is 1. The average molecular weight is 328 g/mol. The van der Waals surface area contributed by atoms with E-state index < -0.39 is 5.95 Å². The minimum Gasteiger partial charge on any atom is -0.454 e. The molecule has 1 aromatic carbocycles. The van der Waals surface area contributed by atoms with E-state index in [0.29, 0.717) is 18.8 Å². The van der Waals surface area contributed by atoms with Crippen LogP contribution in [0.15, 0.2) is 36.5 Å². The maximum absolute atomic E-state index is 13.0. The van der Waals surface area contributed by atoms with Crippen LogP contribution in [-0.2, 0) is 0 Å². The van der Waals surface area contributed by atoms with E-state index in [0.717, 1.165) is 41.9 Å². The summed E-state index contributed by atoms with van der Waals surface area (Å²) < 4.78 is 24.0. The summed E-state index contributed by atoms with van der Waals surface area (Å²) in [7, 11) is 0. The number of ether oxygens (including phenoxy) is 2. The summed E-state index contributed by atoms with van der Waals surface area (Å²) in [5.41, 5.74) is 2.27. The quantitative estimate of drug-likeness (QED) is 0.864. The molecular weight excluding hydrogens is 307 g/mol. The second-order valence-corrected chi connectivity index (χ2v) is 6.59. The molecule has 0 amide bonds. The maximum Gasteiger partial charge on any atom is 0.231 e. The van der Waals surface area contributed by atoms with Crippen molar-refractivity contribution in [2.75, 3.05) is 6.79 Å². The van der Waals surface area contributed by atoms with Crippen LogP contribution < -0.4 is 14.8 Å². The number of hydrogen-bond acceptors (Lipinski definition) is 4. The molecule has 2 aromatic rings. The standard InChI is InChI=1S/C19H21FN2O2/c1-12(16-3-2-4-17-19(16)24-11-23-17)22-15-7-5-13(9-15)14-6-8-18(20)21-10-14/h2-4,6,8,10,12-13,15,22H,5,7,9,11H2,1H3/t12-,13-,15+/m1/s1. The molecule has 126 valence electrons. The van der Waals surface area contributed by atoms with Gasteiger partial charge in [-0.15, -0.1) is 0 Å². The van der Waals surface area contributed by atoms with Crippen molar-refractivity contribution in [3.8, 4) is 11.5 Å². The molecule has 1 aliphatic heterocycles. The van der Waals surface area contributed by atoms with Crippen molar-refractivity contribution in [1.82, 2.24) is 10.3 Å². The first-order valence-corrected chi connectivity index (χ1v) is 8.46. The van der Waals surface area contributed by atoms with E-state index >= 15 is 0 Å². The number of pyridine rings is 1. The molecule has 2 heterocycles. The van der Waals surface area contributed by atoms with Crippen molar-refractivity contribution in [2.45, 2.75) is 44.2 Å². The highest BCUT2D eigenvalue weighted by Gasteiger charge is 2.28. The van der Waals surface area contributed by atoms with E-state index in [1.165, 1.54) is 6.07 Å². The van der Waals surface area contributed by atoms with Crippen molar-refractivity contribution < 1.29 is 13.9 Å². The number of aromatic nitrogens is 1. The number of hydrogen-bond donors (Lipinski definition) is 1. The van der Waals surface area contributed by atoms with Crippen molar-refractivity contribution in [2.24, 2.45) is 0 Å². The van der Waals surface area contributed by atoms with Crippen molar-refractivity contribution in [3.63, 3.8) is 0 Å². The number of nitrogens with one attached hydrogen (secondary N) is 1. The zero-order chi connectivity index (χ0) is 16.5. The Kier molecular flexibility index (Phi) is 4.10. The van der Waals surface area contributed by atoms with Crippen LogP contribution in [0.5, 0.6) is 11.5 Å². The Hall–Kier alpha value is -2.14. The fourth-order valence-electron chi connectivity index (χ4n) is 3.80. The van der Waals surface area contributed by atoms with Crippen LogP contribution in [0, 0.1) is 5.95 Å². The van der Waals surface area contributed by atoms with Crippen LogP contribution in [-0.4, -0.2) is 17.8 Å². The Bertz CT molecular complexity index is 720. The summed E-state index contributed by atoms with van der Waals surface area (Å²) in [4.78, 5) is 3.78. The monoisotopic (exact) mass is 328 g/mol. The molecule has 0 saturated heterocycles. The fraction of sp³-hybridized carbons (Fsp3) is 0.421. The number of fused-ring (bicyclic) bond motifs is 1. The SMILES string of the molecule is C[C@@H](N[C@H]1CC[C@@H](c2ccc(F)nc2)C1)c1cccc2c1OCO2. The van der Waals surface area contributed by atoms with Gasteiger partial charge in [-0.1, -0.05) is 18.2 Å². The van der Waals surface area contributed by atoms with Crippen LogP contribution in [0.1, 0.15) is 49.3 Å². The zero-order valence-electron chi connectivity index (χ0n) is 13.7. The van der Waals surface area contributed by atoms with Gasteiger partial charge in [0.1, 0.15) is 0 Å². The maximum atomic E-state index is 13.0. The summed E-state index contributed by atoms with van der Waals surface area (Å²) in [5.74, 6) is 1.71. The fourth-order valence-corrected chi connectivity index (χ4v) is 3.80. The molecule has 0 radical (unpaired) electrons. The van der Waals surface area contributed by atoms with Crippen LogP contribution in [0.25, 0.3) is 0 Å². The third kappa shape index (κ3) is 2.96. The normalized spacial score (nSPS) is 23.4. The zero-order valence-corrected chi connectivity index (χ0v) is 13.7.